The van der Waals surface area contributed by atoms with Crippen LogP contribution in [0.25, 0.3) is 44.7 Å². The van der Waals surface area contributed by atoms with E-state index in [0.717, 1.165) is 94.0 Å². The van der Waals surface area contributed by atoms with E-state index in [1.165, 1.54) is 27.8 Å². The van der Waals surface area contributed by atoms with Crippen molar-refractivity contribution >= 4 is 45.3 Å². The number of hydrogen-bond acceptors (Lipinski definition) is 4. The molecule has 7 heteroatoms. The maximum atomic E-state index is 7.23. The predicted molar refractivity (Wildman–Crippen MR) is 333 cm³/mol. The van der Waals surface area contributed by atoms with Gasteiger partial charge in [0.2, 0.25) is 0 Å². The number of fused-ring (bicyclic) bond motifs is 9. The van der Waals surface area contributed by atoms with E-state index >= 15 is 0 Å². The molecule has 0 N–H and O–H groups in total. The average molecular weight is 1240 g/mol. The molecule has 1 spiro atoms. The first-order chi connectivity index (χ1) is 39.9. The molecule has 402 valence electrons. The zero-order valence-corrected chi connectivity index (χ0v) is 49.1. The number of nitrogens with zero attached hydrogens (tertiary/aromatic N) is 5. The Morgan fingerprint density at radius 1 is 0.390 bits per heavy atom. The summed E-state index contributed by atoms with van der Waals surface area (Å²) in [6, 6.07) is 92.5. The van der Waals surface area contributed by atoms with Crippen LogP contribution in [-0.2, 0) is 35.6 Å². The van der Waals surface area contributed by atoms with E-state index < -0.39 is 5.41 Å². The molecular weight excluding hydrogens is 1180 g/mol. The van der Waals surface area contributed by atoms with E-state index in [2.05, 4.69) is 335 Å². The van der Waals surface area contributed by atoms with Crippen LogP contribution < -0.4 is 14.5 Å². The Hall–Kier alpha value is -9.09. The molecule has 82 heavy (non-hydrogen) atoms. The van der Waals surface area contributed by atoms with Crippen LogP contribution in [0, 0.1) is 3.80 Å². The van der Waals surface area contributed by atoms with Crippen molar-refractivity contribution < 1.29 is 24.1 Å². The van der Waals surface area contributed by atoms with E-state index in [4.69, 9.17) is 9.72 Å². The number of anilines is 6. The van der Waals surface area contributed by atoms with Crippen LogP contribution in [0.4, 0.5) is 34.3 Å². The Labute approximate surface area is 491 Å². The van der Waals surface area contributed by atoms with Crippen LogP contribution in [-0.4, -0.2) is 14.1 Å². The van der Waals surface area contributed by atoms with Crippen LogP contribution in [0.3, 0.4) is 0 Å². The fraction of sp³-hybridized carbons (Fsp3) is 0.120. The number of pyridine rings is 1. The summed E-state index contributed by atoms with van der Waals surface area (Å²) in [5.74, 6) is 2.29. The van der Waals surface area contributed by atoms with Gasteiger partial charge in [-0.05, 0) is 52.3 Å². The standard InChI is InChI=1S/C75H61N5O.Pt/c1-73(2,3)53-40-43-67-64(46-53)75(61-34-16-18-36-65(61)79(55-28-14-9-15-29-55)66-37-19-17-35-62(66)75)63-42-41-58(49-70(63)80(67)71-47-54(44-45-76-71)74(4,5)6)81-57-31-22-30-56(48-57)77-50-78(69-39-21-20-38-68(69)77)72-59(51-24-10-7-11-25-51)32-23-33-60(72)52-26-12-8-13-27-52;/h7-49H,1-6H3;. The number of benzene rings is 10. The van der Waals surface area contributed by atoms with E-state index in [1.54, 1.807) is 0 Å². The topological polar surface area (TPSA) is 38.5 Å². The minimum atomic E-state index is -0.762. The van der Waals surface area contributed by atoms with Crippen LogP contribution in [0.2, 0.25) is 0 Å². The normalized spacial score (nSPS) is 13.4. The van der Waals surface area contributed by atoms with Gasteiger partial charge in [0.05, 0.1) is 11.4 Å². The van der Waals surface area contributed by atoms with Gasteiger partial charge in [-0.25, -0.2) is 0 Å². The molecule has 0 fully saturated rings. The zero-order chi connectivity index (χ0) is 55.9. The quantitative estimate of drug-likeness (QED) is 0.152. The predicted octanol–water partition coefficient (Wildman–Crippen LogP) is 19.6. The first-order valence-corrected chi connectivity index (χ1v) is 29.3. The number of imidazole rings is 1. The van der Waals surface area contributed by atoms with Gasteiger partial charge in [-0.1, -0.05) is 108 Å². The molecule has 0 saturated carbocycles. The second kappa shape index (κ2) is 19.9. The van der Waals surface area contributed by atoms with Crippen LogP contribution in [0.15, 0.2) is 261 Å². The molecule has 0 radical (unpaired) electrons. The van der Waals surface area contributed by atoms with Crippen molar-refractivity contribution in [1.29, 1.82) is 0 Å². The summed E-state index contributed by atoms with van der Waals surface area (Å²) < 4.78 is 13.0. The van der Waals surface area contributed by atoms with Crippen molar-refractivity contribution in [2.75, 3.05) is 9.80 Å². The zero-order valence-electron chi connectivity index (χ0n) is 46.8. The van der Waals surface area contributed by atoms with Gasteiger partial charge in [-0.15, -0.1) is 0 Å². The summed E-state index contributed by atoms with van der Waals surface area (Å²) in [6.45, 7) is 13.7. The Balaban J connectivity index is 0.971. The fourth-order valence-corrected chi connectivity index (χ4v) is 13.8. The van der Waals surface area contributed by atoms with Gasteiger partial charge >= 0.3 is 306 Å². The van der Waals surface area contributed by atoms with E-state index in [-0.39, 0.29) is 10.8 Å². The number of aromatic nitrogens is 3. The molecule has 14 rings (SSSR count). The fourth-order valence-electron chi connectivity index (χ4n) is 12.7. The van der Waals surface area contributed by atoms with Gasteiger partial charge < -0.3 is 4.90 Å². The Morgan fingerprint density at radius 2 is 0.902 bits per heavy atom. The molecule has 0 atom stereocenters. The van der Waals surface area contributed by atoms with Crippen molar-refractivity contribution in [3.8, 4) is 45.1 Å². The van der Waals surface area contributed by atoms with Gasteiger partial charge in [0.25, 0.3) is 0 Å². The molecule has 0 amide bonds. The third kappa shape index (κ3) is 8.33. The molecule has 0 bridgehead atoms. The Kier molecular flexibility index (Phi) is 12.4. The van der Waals surface area contributed by atoms with Crippen molar-refractivity contribution in [2.45, 2.75) is 57.8 Å². The monoisotopic (exact) mass is 1240 g/mol. The van der Waals surface area contributed by atoms with E-state index in [0.29, 0.717) is 5.75 Å². The minimum absolute atomic E-state index is 0.119. The number of ether oxygens (including phenoxy) is 1. The molecule has 10 aromatic carbocycles. The molecule has 2 aromatic heterocycles. The summed E-state index contributed by atoms with van der Waals surface area (Å²) in [5, 5.41) is 0. The molecule has 2 aliphatic rings. The summed E-state index contributed by atoms with van der Waals surface area (Å²) in [4.78, 5) is 10.1. The molecule has 6 nitrogen and oxygen atoms in total. The molecule has 0 unspecified atom stereocenters. The maximum absolute atomic E-state index is 7.23. The van der Waals surface area contributed by atoms with Gasteiger partial charge in [-0.2, -0.15) is 0 Å². The SMILES string of the molecule is CC(C)(C)c1ccnc(N2c3cc(Oc4cccc(-n5[c](=[Pt])n(-c6c(-c7ccccc7)cccc6-c6ccccc6)c6ccccc65)c4)ccc3C3(c4ccccc4N(c4ccccc4)c4ccccc43)c3cc(C(C)(C)C)ccc32)c1. The summed E-state index contributed by atoms with van der Waals surface area (Å²) in [5.41, 5.74) is 20.6. The summed E-state index contributed by atoms with van der Waals surface area (Å²) in [6.07, 6.45) is 1.97. The van der Waals surface area contributed by atoms with Crippen molar-refractivity contribution in [2.24, 2.45) is 0 Å². The van der Waals surface area contributed by atoms with Crippen molar-refractivity contribution in [3.05, 3.63) is 298 Å². The van der Waals surface area contributed by atoms with Crippen molar-refractivity contribution in [3.63, 3.8) is 0 Å². The van der Waals surface area contributed by atoms with Crippen molar-refractivity contribution in [1.82, 2.24) is 14.1 Å². The molecule has 0 saturated heterocycles. The number of para-hydroxylation sites is 6. The first-order valence-electron chi connectivity index (χ1n) is 28.2. The molecule has 2 aliphatic heterocycles. The van der Waals surface area contributed by atoms with Gasteiger partial charge in [0.15, 0.2) is 0 Å². The van der Waals surface area contributed by atoms with Gasteiger partial charge in [0.1, 0.15) is 0 Å². The second-order valence-corrected chi connectivity index (χ2v) is 24.6. The van der Waals surface area contributed by atoms with Gasteiger partial charge in [0, 0.05) is 11.9 Å². The third-order valence-electron chi connectivity index (χ3n) is 16.5. The average Bonchev–Trinajstić information content (AvgIpc) is 0.882. The Bertz CT molecular complexity index is 4390. The molecule has 12 aromatic rings. The molecule has 0 aliphatic carbocycles. The number of rotatable bonds is 8. The van der Waals surface area contributed by atoms with E-state index in [1.807, 2.05) is 6.20 Å². The van der Waals surface area contributed by atoms with Crippen LogP contribution in [0.1, 0.15) is 74.9 Å². The van der Waals surface area contributed by atoms with Crippen LogP contribution >= 0.6 is 0 Å². The molecule has 4 heterocycles. The summed E-state index contributed by atoms with van der Waals surface area (Å²) in [7, 11) is 0. The first kappa shape index (κ1) is 51.1. The van der Waals surface area contributed by atoms with E-state index in [9.17, 15) is 0 Å². The third-order valence-corrected chi connectivity index (χ3v) is 17.5. The van der Waals surface area contributed by atoms with Gasteiger partial charge in [-0.3, -0.25) is 0 Å². The second-order valence-electron chi connectivity index (χ2n) is 23.5. The Morgan fingerprint density at radius 3 is 1.54 bits per heavy atom. The molecular formula is C75H61N5OPt. The summed E-state index contributed by atoms with van der Waals surface area (Å²) >= 11 is 2.52. The number of hydrogen-bond donors (Lipinski definition) is 0. The van der Waals surface area contributed by atoms with Crippen LogP contribution in [0.5, 0.6) is 11.5 Å².